The van der Waals surface area contributed by atoms with Crippen molar-refractivity contribution < 1.29 is 14.6 Å². The number of aliphatic hydroxyl groups excluding tert-OH is 1. The molecular weight excluding hydrogens is 240 g/mol. The fraction of sp³-hybridized carbons (Fsp3) is 0.625. The summed E-state index contributed by atoms with van der Waals surface area (Å²) in [6.45, 7) is 2.26. The van der Waals surface area contributed by atoms with E-state index in [-0.39, 0.29) is 0 Å². The van der Waals surface area contributed by atoms with Crippen LogP contribution in [0.15, 0.2) is 24.3 Å². The minimum atomic E-state index is -0.597. The van der Waals surface area contributed by atoms with Gasteiger partial charge in [-0.05, 0) is 49.3 Å². The standard InChI is InChI=1S/C16H24O3/c1-12-7-9-16(19-3,10-8-12)15(17)13-5-4-6-14(11-13)18-2/h4-6,11-12,15,17H,7-10H2,1-3H3. The van der Waals surface area contributed by atoms with Crippen LogP contribution in [0.4, 0.5) is 0 Å². The molecule has 1 fully saturated rings. The normalized spacial score (nSPS) is 28.9. The second-order valence-electron chi connectivity index (χ2n) is 5.63. The van der Waals surface area contributed by atoms with E-state index in [0.717, 1.165) is 42.9 Å². The molecule has 1 unspecified atom stereocenters. The maximum Gasteiger partial charge on any atom is 0.119 e. The van der Waals surface area contributed by atoms with Crippen molar-refractivity contribution in [3.63, 3.8) is 0 Å². The van der Waals surface area contributed by atoms with Crippen molar-refractivity contribution in [3.05, 3.63) is 29.8 Å². The molecule has 1 saturated carbocycles. The molecule has 0 spiro atoms. The molecule has 0 bridgehead atoms. The lowest BCUT2D eigenvalue weighted by Gasteiger charge is -2.41. The minimum absolute atomic E-state index is 0.446. The quantitative estimate of drug-likeness (QED) is 0.906. The summed E-state index contributed by atoms with van der Waals surface area (Å²) < 4.78 is 11.0. The molecule has 0 amide bonds. The van der Waals surface area contributed by atoms with Crippen molar-refractivity contribution in [1.82, 2.24) is 0 Å². The average Bonchev–Trinajstić information content (AvgIpc) is 2.48. The number of hydrogen-bond acceptors (Lipinski definition) is 3. The number of methoxy groups -OCH3 is 2. The predicted molar refractivity (Wildman–Crippen MR) is 75.3 cm³/mol. The third kappa shape index (κ3) is 2.93. The molecule has 106 valence electrons. The zero-order valence-electron chi connectivity index (χ0n) is 12.1. The maximum absolute atomic E-state index is 10.7. The van der Waals surface area contributed by atoms with Crippen LogP contribution >= 0.6 is 0 Å². The van der Waals surface area contributed by atoms with E-state index in [2.05, 4.69) is 6.92 Å². The Morgan fingerprint density at radius 3 is 2.53 bits per heavy atom. The van der Waals surface area contributed by atoms with E-state index in [1.807, 2.05) is 24.3 Å². The number of hydrogen-bond donors (Lipinski definition) is 1. The highest BCUT2D eigenvalue weighted by molar-refractivity contribution is 5.31. The Labute approximate surface area is 115 Å². The van der Waals surface area contributed by atoms with Crippen LogP contribution in [0.2, 0.25) is 0 Å². The van der Waals surface area contributed by atoms with Gasteiger partial charge in [0.05, 0.1) is 12.7 Å². The highest BCUT2D eigenvalue weighted by Gasteiger charge is 2.41. The van der Waals surface area contributed by atoms with Crippen molar-refractivity contribution in [2.24, 2.45) is 5.92 Å². The van der Waals surface area contributed by atoms with Crippen LogP contribution in [0.5, 0.6) is 5.75 Å². The van der Waals surface area contributed by atoms with E-state index >= 15 is 0 Å². The number of ether oxygens (including phenoxy) is 2. The van der Waals surface area contributed by atoms with Gasteiger partial charge in [-0.15, -0.1) is 0 Å². The molecule has 19 heavy (non-hydrogen) atoms. The molecule has 3 nitrogen and oxygen atoms in total. The van der Waals surface area contributed by atoms with E-state index < -0.39 is 11.7 Å². The van der Waals surface area contributed by atoms with Gasteiger partial charge >= 0.3 is 0 Å². The topological polar surface area (TPSA) is 38.7 Å². The van der Waals surface area contributed by atoms with Crippen molar-refractivity contribution in [2.75, 3.05) is 14.2 Å². The third-order valence-corrected chi connectivity index (χ3v) is 4.44. The summed E-state index contributed by atoms with van der Waals surface area (Å²) in [5.41, 5.74) is 0.426. The second-order valence-corrected chi connectivity index (χ2v) is 5.63. The Morgan fingerprint density at radius 1 is 1.26 bits per heavy atom. The fourth-order valence-electron chi connectivity index (χ4n) is 2.96. The molecule has 1 aliphatic rings. The van der Waals surface area contributed by atoms with Gasteiger partial charge in [0.25, 0.3) is 0 Å². The minimum Gasteiger partial charge on any atom is -0.497 e. The highest BCUT2D eigenvalue weighted by Crippen LogP contribution is 2.43. The van der Waals surface area contributed by atoms with Gasteiger partial charge < -0.3 is 14.6 Å². The SMILES string of the molecule is COc1cccc(C(O)C2(OC)CCC(C)CC2)c1. The van der Waals surface area contributed by atoms with Crippen LogP contribution in [0.3, 0.4) is 0 Å². The summed E-state index contributed by atoms with van der Waals surface area (Å²) in [7, 11) is 3.35. The first-order chi connectivity index (χ1) is 9.11. The summed E-state index contributed by atoms with van der Waals surface area (Å²) in [6.07, 6.45) is 3.43. The van der Waals surface area contributed by atoms with Gasteiger partial charge in [0.15, 0.2) is 0 Å². The predicted octanol–water partition coefficient (Wildman–Crippen LogP) is 3.32. The molecule has 2 rings (SSSR count). The fourth-order valence-corrected chi connectivity index (χ4v) is 2.96. The molecule has 1 aromatic carbocycles. The van der Waals surface area contributed by atoms with Crippen LogP contribution in [0.1, 0.15) is 44.3 Å². The second kappa shape index (κ2) is 5.93. The van der Waals surface area contributed by atoms with E-state index in [1.54, 1.807) is 14.2 Å². The molecule has 1 atom stereocenters. The van der Waals surface area contributed by atoms with Crippen molar-refractivity contribution in [3.8, 4) is 5.75 Å². The van der Waals surface area contributed by atoms with Gasteiger partial charge in [-0.1, -0.05) is 19.1 Å². The van der Waals surface area contributed by atoms with Gasteiger partial charge in [0.1, 0.15) is 11.9 Å². The Hall–Kier alpha value is -1.06. The molecule has 0 heterocycles. The summed E-state index contributed by atoms with van der Waals surface area (Å²) in [6, 6.07) is 7.63. The lowest BCUT2D eigenvalue weighted by Crippen LogP contribution is -2.41. The largest absolute Gasteiger partial charge is 0.497 e. The van der Waals surface area contributed by atoms with E-state index in [1.165, 1.54) is 0 Å². The maximum atomic E-state index is 10.7. The summed E-state index contributed by atoms with van der Waals surface area (Å²) in [5, 5.41) is 10.7. The average molecular weight is 264 g/mol. The molecule has 0 radical (unpaired) electrons. The molecule has 3 heteroatoms. The zero-order valence-corrected chi connectivity index (χ0v) is 12.1. The highest BCUT2D eigenvalue weighted by atomic mass is 16.5. The molecule has 1 aliphatic carbocycles. The van der Waals surface area contributed by atoms with Crippen LogP contribution < -0.4 is 4.74 Å². The molecule has 0 aromatic heterocycles. The van der Waals surface area contributed by atoms with Gasteiger partial charge in [0, 0.05) is 7.11 Å². The molecule has 0 aliphatic heterocycles. The number of aliphatic hydroxyl groups is 1. The van der Waals surface area contributed by atoms with E-state index in [0.29, 0.717) is 0 Å². The third-order valence-electron chi connectivity index (χ3n) is 4.44. The van der Waals surface area contributed by atoms with Gasteiger partial charge in [-0.2, -0.15) is 0 Å². The summed E-state index contributed by atoms with van der Waals surface area (Å²) in [4.78, 5) is 0. The van der Waals surface area contributed by atoms with Gasteiger partial charge in [-0.3, -0.25) is 0 Å². The van der Waals surface area contributed by atoms with Crippen molar-refractivity contribution in [2.45, 2.75) is 44.3 Å². The lowest BCUT2D eigenvalue weighted by molar-refractivity contribution is -0.130. The Bertz CT molecular complexity index is 408. The molecule has 1 N–H and O–H groups in total. The molecular formula is C16H24O3. The first-order valence-electron chi connectivity index (χ1n) is 6.98. The van der Waals surface area contributed by atoms with Crippen LogP contribution in [0, 0.1) is 5.92 Å². The monoisotopic (exact) mass is 264 g/mol. The van der Waals surface area contributed by atoms with Crippen molar-refractivity contribution in [1.29, 1.82) is 0 Å². The first kappa shape index (κ1) is 14.4. The first-order valence-corrected chi connectivity index (χ1v) is 6.98. The number of rotatable bonds is 4. The smallest absolute Gasteiger partial charge is 0.119 e. The Balaban J connectivity index is 2.22. The summed E-state index contributed by atoms with van der Waals surface area (Å²) >= 11 is 0. The Morgan fingerprint density at radius 2 is 1.95 bits per heavy atom. The number of benzene rings is 1. The van der Waals surface area contributed by atoms with E-state index in [4.69, 9.17) is 9.47 Å². The zero-order chi connectivity index (χ0) is 13.9. The van der Waals surface area contributed by atoms with Gasteiger partial charge in [0.2, 0.25) is 0 Å². The Kier molecular flexibility index (Phi) is 4.48. The van der Waals surface area contributed by atoms with Crippen LogP contribution in [-0.4, -0.2) is 24.9 Å². The molecule has 0 saturated heterocycles. The lowest BCUT2D eigenvalue weighted by atomic mass is 9.74. The molecule has 1 aromatic rings. The van der Waals surface area contributed by atoms with Crippen LogP contribution in [0.25, 0.3) is 0 Å². The summed E-state index contributed by atoms with van der Waals surface area (Å²) in [5.74, 6) is 1.49. The van der Waals surface area contributed by atoms with E-state index in [9.17, 15) is 5.11 Å². The van der Waals surface area contributed by atoms with Crippen molar-refractivity contribution >= 4 is 0 Å². The van der Waals surface area contributed by atoms with Gasteiger partial charge in [-0.25, -0.2) is 0 Å². The van der Waals surface area contributed by atoms with Crippen LogP contribution in [-0.2, 0) is 4.74 Å².